The molecule has 0 spiro atoms. The molecule has 0 amide bonds. The van der Waals surface area contributed by atoms with Crippen molar-refractivity contribution < 1.29 is 5.11 Å². The average molecular weight is 153 g/mol. The fourth-order valence-electron chi connectivity index (χ4n) is 1.63. The van der Waals surface area contributed by atoms with Crippen LogP contribution in [0.1, 0.15) is 33.1 Å². The van der Waals surface area contributed by atoms with Gasteiger partial charge < -0.3 is 5.11 Å². The van der Waals surface area contributed by atoms with Gasteiger partial charge in [0.25, 0.3) is 0 Å². The predicted molar refractivity (Wildman–Crippen MR) is 42.7 cm³/mol. The molecule has 1 fully saturated rings. The van der Waals surface area contributed by atoms with E-state index in [2.05, 4.69) is 13.8 Å². The minimum Gasteiger partial charge on any atom is -0.375 e. The van der Waals surface area contributed by atoms with Gasteiger partial charge in [0, 0.05) is 0 Å². The standard InChI is InChI=1S/C9H15NO/c1-3-7(2)8-4-9(11,5-8)6-10/h7-8,11H,3-5H2,1-2H3. The number of nitriles is 1. The molecular formula is C9H15NO. The molecule has 1 saturated carbocycles. The van der Waals surface area contributed by atoms with E-state index >= 15 is 0 Å². The predicted octanol–water partition coefficient (Wildman–Crippen LogP) is 1.70. The van der Waals surface area contributed by atoms with Gasteiger partial charge >= 0.3 is 0 Å². The van der Waals surface area contributed by atoms with Crippen LogP contribution in [0.5, 0.6) is 0 Å². The lowest BCUT2D eigenvalue weighted by molar-refractivity contribution is -0.0435. The molecule has 2 nitrogen and oxygen atoms in total. The van der Waals surface area contributed by atoms with E-state index in [1.807, 2.05) is 6.07 Å². The first-order valence-corrected chi connectivity index (χ1v) is 4.25. The minimum absolute atomic E-state index is 0.574. The smallest absolute Gasteiger partial charge is 0.151 e. The van der Waals surface area contributed by atoms with Crippen molar-refractivity contribution in [2.24, 2.45) is 11.8 Å². The van der Waals surface area contributed by atoms with Crippen molar-refractivity contribution in [3.63, 3.8) is 0 Å². The van der Waals surface area contributed by atoms with E-state index in [0.29, 0.717) is 24.7 Å². The molecule has 1 N–H and O–H groups in total. The average Bonchev–Trinajstić information content (AvgIpc) is 1.97. The third kappa shape index (κ3) is 1.54. The largest absolute Gasteiger partial charge is 0.375 e. The second-order valence-electron chi connectivity index (χ2n) is 3.70. The maximum Gasteiger partial charge on any atom is 0.151 e. The second-order valence-corrected chi connectivity index (χ2v) is 3.70. The van der Waals surface area contributed by atoms with E-state index < -0.39 is 5.60 Å². The molecular weight excluding hydrogens is 138 g/mol. The molecule has 0 saturated heterocycles. The van der Waals surface area contributed by atoms with Crippen molar-refractivity contribution in [3.05, 3.63) is 0 Å². The zero-order valence-electron chi connectivity index (χ0n) is 7.17. The Kier molecular flexibility index (Phi) is 2.20. The lowest BCUT2D eigenvalue weighted by Gasteiger charge is -2.41. The molecule has 2 heteroatoms. The summed E-state index contributed by atoms with van der Waals surface area (Å²) in [5.41, 5.74) is -0.978. The Labute approximate surface area is 67.8 Å². The van der Waals surface area contributed by atoms with Gasteiger partial charge in [0.2, 0.25) is 0 Å². The van der Waals surface area contributed by atoms with Crippen LogP contribution in [0.15, 0.2) is 0 Å². The van der Waals surface area contributed by atoms with Crippen molar-refractivity contribution >= 4 is 0 Å². The number of hydrogen-bond donors (Lipinski definition) is 1. The Morgan fingerprint density at radius 1 is 1.73 bits per heavy atom. The molecule has 0 aliphatic heterocycles. The number of hydrogen-bond acceptors (Lipinski definition) is 2. The third-order valence-electron chi connectivity index (χ3n) is 2.86. The van der Waals surface area contributed by atoms with Crippen molar-refractivity contribution in [1.29, 1.82) is 5.26 Å². The van der Waals surface area contributed by atoms with Crippen LogP contribution >= 0.6 is 0 Å². The zero-order chi connectivity index (χ0) is 8.48. The Morgan fingerprint density at radius 2 is 2.27 bits per heavy atom. The number of nitrogens with zero attached hydrogens (tertiary/aromatic N) is 1. The fourth-order valence-corrected chi connectivity index (χ4v) is 1.63. The van der Waals surface area contributed by atoms with Crippen LogP contribution < -0.4 is 0 Å². The summed E-state index contributed by atoms with van der Waals surface area (Å²) in [5, 5.41) is 17.9. The molecule has 1 aliphatic carbocycles. The van der Waals surface area contributed by atoms with Gasteiger partial charge in [-0.2, -0.15) is 5.26 Å². The molecule has 0 radical (unpaired) electrons. The normalized spacial score (nSPS) is 38.9. The lowest BCUT2D eigenvalue weighted by atomic mass is 9.66. The van der Waals surface area contributed by atoms with Gasteiger partial charge in [0.05, 0.1) is 6.07 Å². The third-order valence-corrected chi connectivity index (χ3v) is 2.86. The van der Waals surface area contributed by atoms with Crippen molar-refractivity contribution in [2.45, 2.75) is 38.7 Å². The number of rotatable bonds is 2. The summed E-state index contributed by atoms with van der Waals surface area (Å²) in [6, 6.07) is 1.94. The van der Waals surface area contributed by atoms with Crippen LogP contribution in [-0.2, 0) is 0 Å². The first kappa shape index (κ1) is 8.55. The summed E-state index contributed by atoms with van der Waals surface area (Å²) < 4.78 is 0. The Morgan fingerprint density at radius 3 is 2.64 bits per heavy atom. The number of aliphatic hydroxyl groups is 1. The van der Waals surface area contributed by atoms with Crippen molar-refractivity contribution in [2.75, 3.05) is 0 Å². The Bertz CT molecular complexity index is 176. The van der Waals surface area contributed by atoms with Crippen LogP contribution in [-0.4, -0.2) is 10.7 Å². The molecule has 0 heterocycles. The monoisotopic (exact) mass is 153 g/mol. The lowest BCUT2D eigenvalue weighted by Crippen LogP contribution is -2.44. The van der Waals surface area contributed by atoms with Gasteiger partial charge in [-0.25, -0.2) is 0 Å². The highest BCUT2D eigenvalue weighted by atomic mass is 16.3. The van der Waals surface area contributed by atoms with Gasteiger partial charge in [-0.1, -0.05) is 20.3 Å². The summed E-state index contributed by atoms with van der Waals surface area (Å²) in [6.07, 6.45) is 2.50. The van der Waals surface area contributed by atoms with E-state index in [9.17, 15) is 5.11 Å². The van der Waals surface area contributed by atoms with E-state index in [4.69, 9.17) is 5.26 Å². The summed E-state index contributed by atoms with van der Waals surface area (Å²) in [5.74, 6) is 1.23. The molecule has 1 atom stereocenters. The van der Waals surface area contributed by atoms with Crippen LogP contribution in [0, 0.1) is 23.2 Å². The van der Waals surface area contributed by atoms with Gasteiger partial charge in [0.15, 0.2) is 5.60 Å². The molecule has 62 valence electrons. The van der Waals surface area contributed by atoms with Crippen molar-refractivity contribution in [1.82, 2.24) is 0 Å². The van der Waals surface area contributed by atoms with Gasteiger partial charge in [-0.3, -0.25) is 0 Å². The molecule has 0 aromatic carbocycles. The van der Waals surface area contributed by atoms with E-state index in [0.717, 1.165) is 6.42 Å². The topological polar surface area (TPSA) is 44.0 Å². The van der Waals surface area contributed by atoms with Crippen LogP contribution in [0.4, 0.5) is 0 Å². The van der Waals surface area contributed by atoms with E-state index in [1.165, 1.54) is 0 Å². The fraction of sp³-hybridized carbons (Fsp3) is 0.889. The van der Waals surface area contributed by atoms with Gasteiger partial charge in [-0.05, 0) is 24.7 Å². The van der Waals surface area contributed by atoms with Gasteiger partial charge in [-0.15, -0.1) is 0 Å². The summed E-state index contributed by atoms with van der Waals surface area (Å²) in [7, 11) is 0. The highest BCUT2D eigenvalue weighted by Crippen LogP contribution is 2.42. The molecule has 1 aliphatic rings. The van der Waals surface area contributed by atoms with Crippen LogP contribution in [0.2, 0.25) is 0 Å². The van der Waals surface area contributed by atoms with E-state index in [1.54, 1.807) is 0 Å². The van der Waals surface area contributed by atoms with Crippen molar-refractivity contribution in [3.8, 4) is 6.07 Å². The summed E-state index contributed by atoms with van der Waals surface area (Å²) in [4.78, 5) is 0. The van der Waals surface area contributed by atoms with Crippen LogP contribution in [0.3, 0.4) is 0 Å². The summed E-state index contributed by atoms with van der Waals surface area (Å²) in [6.45, 7) is 4.33. The highest BCUT2D eigenvalue weighted by Gasteiger charge is 2.44. The molecule has 0 aromatic heterocycles. The SMILES string of the molecule is CCC(C)C1CC(O)(C#N)C1. The summed E-state index contributed by atoms with van der Waals surface area (Å²) >= 11 is 0. The zero-order valence-corrected chi connectivity index (χ0v) is 7.17. The second kappa shape index (κ2) is 2.83. The first-order valence-electron chi connectivity index (χ1n) is 4.25. The quantitative estimate of drug-likeness (QED) is 0.613. The Hall–Kier alpha value is -0.550. The molecule has 11 heavy (non-hydrogen) atoms. The molecule has 1 unspecified atom stereocenters. The van der Waals surface area contributed by atoms with Crippen LogP contribution in [0.25, 0.3) is 0 Å². The molecule has 0 aromatic rings. The maximum atomic E-state index is 9.37. The molecule has 1 rings (SSSR count). The Balaban J connectivity index is 2.35. The maximum absolute atomic E-state index is 9.37. The van der Waals surface area contributed by atoms with Gasteiger partial charge in [0.1, 0.15) is 0 Å². The van der Waals surface area contributed by atoms with E-state index in [-0.39, 0.29) is 0 Å². The first-order chi connectivity index (χ1) is 5.11. The molecule has 0 bridgehead atoms. The highest BCUT2D eigenvalue weighted by molar-refractivity contribution is 5.10. The minimum atomic E-state index is -0.978.